The zero-order chi connectivity index (χ0) is 17.3. The van der Waals surface area contributed by atoms with Crippen molar-refractivity contribution in [3.05, 3.63) is 45.0 Å². The lowest BCUT2D eigenvalue weighted by Gasteiger charge is -2.18. The SMILES string of the molecule is CC(C)C(=O)N1CC[C@@H](Cc2n[nH]c(=O)n2-c2ccc(Br)cc2)C1. The predicted molar refractivity (Wildman–Crippen MR) is 95.1 cm³/mol. The number of likely N-dealkylation sites (tertiary alicyclic amines) is 1. The van der Waals surface area contributed by atoms with E-state index in [0.717, 1.165) is 29.7 Å². The van der Waals surface area contributed by atoms with E-state index >= 15 is 0 Å². The third kappa shape index (κ3) is 3.45. The summed E-state index contributed by atoms with van der Waals surface area (Å²) in [7, 11) is 0. The molecule has 0 saturated carbocycles. The third-order valence-corrected chi connectivity index (χ3v) is 4.92. The summed E-state index contributed by atoms with van der Waals surface area (Å²) in [5.41, 5.74) is 0.556. The van der Waals surface area contributed by atoms with Crippen molar-refractivity contribution in [1.82, 2.24) is 19.7 Å². The van der Waals surface area contributed by atoms with Crippen molar-refractivity contribution in [3.8, 4) is 5.69 Å². The molecule has 24 heavy (non-hydrogen) atoms. The molecule has 1 N–H and O–H groups in total. The van der Waals surface area contributed by atoms with Gasteiger partial charge in [0.05, 0.1) is 5.69 Å². The Morgan fingerprint density at radius 2 is 2.08 bits per heavy atom. The molecular weight excluding hydrogens is 372 g/mol. The van der Waals surface area contributed by atoms with Crippen molar-refractivity contribution >= 4 is 21.8 Å². The Bertz CT molecular complexity index is 779. The second kappa shape index (κ2) is 6.93. The van der Waals surface area contributed by atoms with Gasteiger partial charge in [-0.15, -0.1) is 0 Å². The second-order valence-electron chi connectivity index (χ2n) is 6.55. The molecule has 1 aromatic carbocycles. The molecule has 2 heterocycles. The number of benzene rings is 1. The first-order chi connectivity index (χ1) is 11.5. The highest BCUT2D eigenvalue weighted by Gasteiger charge is 2.29. The highest BCUT2D eigenvalue weighted by atomic mass is 79.9. The molecule has 0 unspecified atom stereocenters. The van der Waals surface area contributed by atoms with E-state index in [-0.39, 0.29) is 17.5 Å². The van der Waals surface area contributed by atoms with Crippen LogP contribution in [0.25, 0.3) is 5.69 Å². The number of aromatic amines is 1. The first-order valence-corrected chi connectivity index (χ1v) is 8.96. The minimum Gasteiger partial charge on any atom is -0.342 e. The van der Waals surface area contributed by atoms with Gasteiger partial charge in [-0.1, -0.05) is 29.8 Å². The fraction of sp³-hybridized carbons (Fsp3) is 0.471. The summed E-state index contributed by atoms with van der Waals surface area (Å²) in [6.07, 6.45) is 1.62. The van der Waals surface area contributed by atoms with Crippen molar-refractivity contribution in [3.63, 3.8) is 0 Å². The van der Waals surface area contributed by atoms with Crippen LogP contribution in [0, 0.1) is 11.8 Å². The molecule has 1 fully saturated rings. The number of H-pyrrole nitrogens is 1. The van der Waals surface area contributed by atoms with E-state index in [9.17, 15) is 9.59 Å². The monoisotopic (exact) mass is 392 g/mol. The summed E-state index contributed by atoms with van der Waals surface area (Å²) in [4.78, 5) is 26.2. The van der Waals surface area contributed by atoms with Crippen molar-refractivity contribution in [2.45, 2.75) is 26.7 Å². The van der Waals surface area contributed by atoms with Crippen molar-refractivity contribution in [1.29, 1.82) is 0 Å². The van der Waals surface area contributed by atoms with Gasteiger partial charge in [0.15, 0.2) is 0 Å². The van der Waals surface area contributed by atoms with Crippen molar-refractivity contribution in [2.24, 2.45) is 11.8 Å². The maximum Gasteiger partial charge on any atom is 0.347 e. The normalized spacial score (nSPS) is 17.7. The summed E-state index contributed by atoms with van der Waals surface area (Å²) >= 11 is 3.40. The molecular formula is C17H21BrN4O2. The van der Waals surface area contributed by atoms with Crippen LogP contribution < -0.4 is 5.69 Å². The van der Waals surface area contributed by atoms with Gasteiger partial charge >= 0.3 is 5.69 Å². The van der Waals surface area contributed by atoms with Gasteiger partial charge in [0.25, 0.3) is 0 Å². The average Bonchev–Trinajstić information content (AvgIpc) is 3.15. The zero-order valence-electron chi connectivity index (χ0n) is 13.8. The molecule has 0 aliphatic carbocycles. The number of nitrogens with one attached hydrogen (secondary N) is 1. The molecule has 128 valence electrons. The number of hydrogen-bond acceptors (Lipinski definition) is 3. The Morgan fingerprint density at radius 1 is 1.38 bits per heavy atom. The fourth-order valence-corrected chi connectivity index (χ4v) is 3.41. The summed E-state index contributed by atoms with van der Waals surface area (Å²) in [6.45, 7) is 5.37. The lowest BCUT2D eigenvalue weighted by molar-refractivity contribution is -0.133. The van der Waals surface area contributed by atoms with Gasteiger partial charge in [-0.2, -0.15) is 5.10 Å². The van der Waals surface area contributed by atoms with Gasteiger partial charge in [-0.25, -0.2) is 14.5 Å². The average molecular weight is 393 g/mol. The molecule has 1 aliphatic heterocycles. The molecule has 1 aromatic heterocycles. The number of carbonyl (C=O) groups excluding carboxylic acids is 1. The summed E-state index contributed by atoms with van der Waals surface area (Å²) in [6, 6.07) is 7.57. The van der Waals surface area contributed by atoms with Gasteiger partial charge in [0, 0.05) is 29.9 Å². The third-order valence-electron chi connectivity index (χ3n) is 4.39. The Balaban J connectivity index is 1.77. The summed E-state index contributed by atoms with van der Waals surface area (Å²) < 4.78 is 2.57. The van der Waals surface area contributed by atoms with Crippen LogP contribution in [0.3, 0.4) is 0 Å². The maximum atomic E-state index is 12.1. The highest BCUT2D eigenvalue weighted by molar-refractivity contribution is 9.10. The predicted octanol–water partition coefficient (Wildman–Crippen LogP) is 2.37. The van der Waals surface area contributed by atoms with E-state index in [0.29, 0.717) is 18.2 Å². The van der Waals surface area contributed by atoms with Gasteiger partial charge in [-0.3, -0.25) is 4.79 Å². The Labute approximate surface area is 149 Å². The molecule has 0 bridgehead atoms. The molecule has 6 nitrogen and oxygen atoms in total. The van der Waals surface area contributed by atoms with Crippen LogP contribution in [-0.4, -0.2) is 38.7 Å². The molecule has 0 radical (unpaired) electrons. The molecule has 1 atom stereocenters. The minimum absolute atomic E-state index is 0.0232. The number of nitrogens with zero attached hydrogens (tertiary/aromatic N) is 3. The standard InChI is InChI=1S/C17H21BrN4O2/c1-11(2)16(23)21-8-7-12(10-21)9-15-19-20-17(24)22(15)14-5-3-13(18)4-6-14/h3-6,11-12H,7-10H2,1-2H3,(H,20,24)/t12-/m0/s1. The minimum atomic E-state index is -0.236. The fourth-order valence-electron chi connectivity index (χ4n) is 3.15. The van der Waals surface area contributed by atoms with E-state index in [4.69, 9.17) is 0 Å². The lowest BCUT2D eigenvalue weighted by atomic mass is 10.0. The number of hydrogen-bond donors (Lipinski definition) is 1. The molecule has 1 amide bonds. The molecule has 1 saturated heterocycles. The topological polar surface area (TPSA) is 71.0 Å². The van der Waals surface area contributed by atoms with E-state index in [1.165, 1.54) is 0 Å². The number of carbonyl (C=O) groups is 1. The van der Waals surface area contributed by atoms with Crippen LogP contribution in [-0.2, 0) is 11.2 Å². The van der Waals surface area contributed by atoms with Gasteiger partial charge in [0.2, 0.25) is 5.91 Å². The number of halogens is 1. The quantitative estimate of drug-likeness (QED) is 0.867. The first-order valence-electron chi connectivity index (χ1n) is 8.16. The number of rotatable bonds is 4. The largest absolute Gasteiger partial charge is 0.347 e. The van der Waals surface area contributed by atoms with Crippen LogP contribution in [0.4, 0.5) is 0 Å². The molecule has 1 aliphatic rings. The van der Waals surface area contributed by atoms with E-state index in [2.05, 4.69) is 26.1 Å². The van der Waals surface area contributed by atoms with Gasteiger partial charge < -0.3 is 4.90 Å². The van der Waals surface area contributed by atoms with Gasteiger partial charge in [0.1, 0.15) is 5.82 Å². The molecule has 2 aromatic rings. The lowest BCUT2D eigenvalue weighted by Crippen LogP contribution is -2.32. The summed E-state index contributed by atoms with van der Waals surface area (Å²) in [5, 5.41) is 6.73. The molecule has 7 heteroatoms. The Kier molecular flexibility index (Phi) is 4.89. The highest BCUT2D eigenvalue weighted by Crippen LogP contribution is 2.22. The van der Waals surface area contributed by atoms with Crippen LogP contribution in [0.15, 0.2) is 33.5 Å². The van der Waals surface area contributed by atoms with Crippen molar-refractivity contribution < 1.29 is 4.79 Å². The molecule has 3 rings (SSSR count). The summed E-state index contributed by atoms with van der Waals surface area (Å²) in [5.74, 6) is 1.27. The van der Waals surface area contributed by atoms with Crippen LogP contribution in [0.5, 0.6) is 0 Å². The Hall–Kier alpha value is -1.89. The Morgan fingerprint density at radius 3 is 2.75 bits per heavy atom. The number of aromatic nitrogens is 3. The smallest absolute Gasteiger partial charge is 0.342 e. The van der Waals surface area contributed by atoms with Crippen LogP contribution >= 0.6 is 15.9 Å². The van der Waals surface area contributed by atoms with E-state index < -0.39 is 0 Å². The zero-order valence-corrected chi connectivity index (χ0v) is 15.4. The maximum absolute atomic E-state index is 12.1. The number of amides is 1. The van der Waals surface area contributed by atoms with Crippen LogP contribution in [0.1, 0.15) is 26.1 Å². The van der Waals surface area contributed by atoms with E-state index in [1.807, 2.05) is 43.0 Å². The second-order valence-corrected chi connectivity index (χ2v) is 7.47. The van der Waals surface area contributed by atoms with Crippen molar-refractivity contribution in [2.75, 3.05) is 13.1 Å². The van der Waals surface area contributed by atoms with Gasteiger partial charge in [-0.05, 0) is 36.6 Å². The van der Waals surface area contributed by atoms with Crippen LogP contribution in [0.2, 0.25) is 0 Å². The van der Waals surface area contributed by atoms with E-state index in [1.54, 1.807) is 4.57 Å². The molecule has 0 spiro atoms. The first kappa shape index (κ1) is 17.0.